The maximum absolute atomic E-state index is 13.4. The van der Waals surface area contributed by atoms with E-state index < -0.39 is 86.8 Å². The van der Waals surface area contributed by atoms with E-state index in [-0.39, 0.29) is 18.9 Å². The molecule has 9 N–H and O–H groups in total. The van der Waals surface area contributed by atoms with Gasteiger partial charge in [0, 0.05) is 6.42 Å². The fraction of sp³-hybridized carbons (Fsp3) is 0.867. The zero-order valence-electron chi connectivity index (χ0n) is 62.3. The fourth-order valence-electron chi connectivity index (χ4n) is 13.4. The van der Waals surface area contributed by atoms with Gasteiger partial charge in [-0.25, -0.2) is 0 Å². The molecule has 0 radical (unpaired) electrons. The Balaban J connectivity index is 1.59. The molecule has 0 spiro atoms. The highest BCUT2D eigenvalue weighted by molar-refractivity contribution is 5.76. The smallest absolute Gasteiger partial charge is 0.220 e. The lowest BCUT2D eigenvalue weighted by atomic mass is 9.97. The first kappa shape index (κ1) is 90.8. The van der Waals surface area contributed by atoms with Gasteiger partial charge in [-0.15, -0.1) is 0 Å². The summed E-state index contributed by atoms with van der Waals surface area (Å²) < 4.78 is 22.9. The molecular formula is C83H153NO13. The van der Waals surface area contributed by atoms with E-state index in [1.165, 1.54) is 283 Å². The summed E-state index contributed by atoms with van der Waals surface area (Å²) in [4.78, 5) is 13.4. The summed E-state index contributed by atoms with van der Waals surface area (Å²) in [6.45, 7) is 2.82. The normalized spacial score (nSPS) is 22.4. The summed E-state index contributed by atoms with van der Waals surface area (Å²) in [5.74, 6) is -0.247. The highest BCUT2D eigenvalue weighted by Crippen LogP contribution is 2.30. The molecule has 0 saturated carbocycles. The van der Waals surface area contributed by atoms with E-state index >= 15 is 0 Å². The van der Waals surface area contributed by atoms with Crippen LogP contribution in [0.4, 0.5) is 0 Å². The third-order valence-corrected chi connectivity index (χ3v) is 19.9. The first-order chi connectivity index (χ1) is 47.6. The van der Waals surface area contributed by atoms with Gasteiger partial charge in [-0.05, 0) is 77.0 Å². The number of unbranched alkanes of at least 4 members (excludes halogenated alkanes) is 48. The number of carbonyl (C=O) groups excluding carboxylic acids is 1. The third kappa shape index (κ3) is 49.9. The number of hydrogen-bond acceptors (Lipinski definition) is 13. The van der Waals surface area contributed by atoms with E-state index in [1.807, 2.05) is 6.08 Å². The van der Waals surface area contributed by atoms with Gasteiger partial charge in [0.25, 0.3) is 0 Å². The number of aliphatic hydroxyl groups is 8. The molecule has 2 fully saturated rings. The van der Waals surface area contributed by atoms with E-state index in [0.717, 1.165) is 51.4 Å². The SMILES string of the molecule is CCCCCCC/C=C\C/C=C\CCCCCCCCCCCCCCCCCCCCCCCCCCCCCC(=O)NC(COC1OC(CO)C(OC2OC(CO)C(O)C(O)C2O)C(O)C1O)C(O)/C=C/CC/C=C/CC/C=C/CCCCCCCCCCCCCCCC. The largest absolute Gasteiger partial charge is 0.394 e. The number of carbonyl (C=O) groups is 1. The Morgan fingerprint density at radius 1 is 0.371 bits per heavy atom. The minimum Gasteiger partial charge on any atom is -0.394 e. The van der Waals surface area contributed by atoms with Crippen LogP contribution in [0.2, 0.25) is 0 Å². The molecule has 12 atom stereocenters. The van der Waals surface area contributed by atoms with Crippen LogP contribution in [0, 0.1) is 0 Å². The number of aliphatic hydroxyl groups excluding tert-OH is 8. The lowest BCUT2D eigenvalue weighted by molar-refractivity contribution is -0.359. The average molecular weight is 1370 g/mol. The minimum absolute atomic E-state index is 0.247. The zero-order valence-corrected chi connectivity index (χ0v) is 62.3. The van der Waals surface area contributed by atoms with Crippen molar-refractivity contribution in [3.8, 4) is 0 Å². The van der Waals surface area contributed by atoms with Gasteiger partial charge in [0.15, 0.2) is 12.6 Å². The molecule has 12 unspecified atom stereocenters. The van der Waals surface area contributed by atoms with Crippen molar-refractivity contribution >= 4 is 5.91 Å². The van der Waals surface area contributed by atoms with Gasteiger partial charge in [-0.1, -0.05) is 344 Å². The number of ether oxygens (including phenoxy) is 4. The number of allylic oxidation sites excluding steroid dienone is 9. The van der Waals surface area contributed by atoms with Crippen LogP contribution in [0.3, 0.4) is 0 Å². The van der Waals surface area contributed by atoms with E-state index in [2.05, 4.69) is 67.8 Å². The Bertz CT molecular complexity index is 1860. The summed E-state index contributed by atoms with van der Waals surface area (Å²) in [5, 5.41) is 87.6. The van der Waals surface area contributed by atoms with Gasteiger partial charge in [0.1, 0.15) is 48.8 Å². The van der Waals surface area contributed by atoms with Crippen LogP contribution in [-0.4, -0.2) is 140 Å². The number of rotatable bonds is 69. The van der Waals surface area contributed by atoms with Crippen molar-refractivity contribution in [2.45, 2.75) is 441 Å². The van der Waals surface area contributed by atoms with Crippen molar-refractivity contribution in [3.63, 3.8) is 0 Å². The lowest BCUT2D eigenvalue weighted by Crippen LogP contribution is -2.65. The Morgan fingerprint density at radius 2 is 0.691 bits per heavy atom. The predicted octanol–water partition coefficient (Wildman–Crippen LogP) is 18.7. The standard InChI is InChI=1S/C83H153NO13/c1-3-5-7-9-11-13-15-17-19-21-23-25-27-29-30-31-32-33-34-35-36-37-38-39-40-41-42-43-45-47-49-51-53-55-57-59-61-63-65-67-75(88)84-71(70-94-82-80(93)78(91)81(74(69-86)96-82)97-83-79(92)77(90)76(89)73(68-85)95-83)72(87)66-64-62-60-58-56-54-52-50-48-46-44-28-26-24-22-20-18-16-14-12-10-8-6-4-2/h15,17,21,23,48,50,56,58,64,66,71-74,76-83,85-87,89-93H,3-14,16,18-20,22,24-47,49,51-55,57,59-63,65,67-70H2,1-2H3,(H,84,88)/b17-15-,23-21-,50-48+,58-56+,66-64+. The van der Waals surface area contributed by atoms with Crippen molar-refractivity contribution in [3.05, 3.63) is 60.8 Å². The summed E-state index contributed by atoms with van der Waals surface area (Å²) in [6, 6.07) is -0.940. The molecule has 0 bridgehead atoms. The zero-order chi connectivity index (χ0) is 70.1. The van der Waals surface area contributed by atoms with E-state index in [9.17, 15) is 45.6 Å². The second kappa shape index (κ2) is 66.9. The van der Waals surface area contributed by atoms with Crippen LogP contribution in [0.15, 0.2) is 60.8 Å². The number of hydrogen-bond donors (Lipinski definition) is 9. The monoisotopic (exact) mass is 1370 g/mol. The summed E-state index contributed by atoms with van der Waals surface area (Å²) in [6.07, 6.45) is 74.7. The highest BCUT2D eigenvalue weighted by Gasteiger charge is 2.51. The van der Waals surface area contributed by atoms with Crippen molar-refractivity contribution in [1.82, 2.24) is 5.32 Å². The van der Waals surface area contributed by atoms with Gasteiger partial charge in [-0.3, -0.25) is 4.79 Å². The number of nitrogens with one attached hydrogen (secondary N) is 1. The summed E-state index contributed by atoms with van der Waals surface area (Å²) in [7, 11) is 0. The minimum atomic E-state index is -1.79. The lowest BCUT2D eigenvalue weighted by Gasteiger charge is -2.46. The molecule has 14 nitrogen and oxygen atoms in total. The number of amides is 1. The molecule has 0 aromatic heterocycles. The molecule has 568 valence electrons. The van der Waals surface area contributed by atoms with Crippen molar-refractivity contribution in [2.75, 3.05) is 19.8 Å². The Morgan fingerprint density at radius 3 is 1.07 bits per heavy atom. The Labute approximate surface area is 594 Å². The highest BCUT2D eigenvalue weighted by atomic mass is 16.7. The van der Waals surface area contributed by atoms with E-state index in [4.69, 9.17) is 18.9 Å². The molecule has 97 heavy (non-hydrogen) atoms. The first-order valence-corrected chi connectivity index (χ1v) is 41.0. The molecule has 14 heteroatoms. The summed E-state index contributed by atoms with van der Waals surface area (Å²) >= 11 is 0. The van der Waals surface area contributed by atoms with Crippen LogP contribution in [0.5, 0.6) is 0 Å². The fourth-order valence-corrected chi connectivity index (χ4v) is 13.4. The molecule has 2 saturated heterocycles. The van der Waals surface area contributed by atoms with Crippen LogP contribution in [0.1, 0.15) is 367 Å². The van der Waals surface area contributed by atoms with Crippen molar-refractivity contribution in [1.29, 1.82) is 0 Å². The topological polar surface area (TPSA) is 228 Å². The maximum atomic E-state index is 13.4. The molecular weight excluding hydrogens is 1220 g/mol. The molecule has 1 amide bonds. The van der Waals surface area contributed by atoms with Crippen molar-refractivity contribution in [2.24, 2.45) is 0 Å². The molecule has 2 rings (SSSR count). The molecule has 0 aliphatic carbocycles. The predicted molar refractivity (Wildman–Crippen MR) is 401 cm³/mol. The average Bonchev–Trinajstić information content (AvgIpc) is 0.794. The summed E-state index contributed by atoms with van der Waals surface area (Å²) in [5.41, 5.74) is 0. The quantitative estimate of drug-likeness (QED) is 0.0204. The van der Waals surface area contributed by atoms with E-state index in [0.29, 0.717) is 12.8 Å². The Kier molecular flexibility index (Phi) is 62.6. The third-order valence-electron chi connectivity index (χ3n) is 19.9. The molecule has 2 aliphatic rings. The van der Waals surface area contributed by atoms with Crippen LogP contribution in [0.25, 0.3) is 0 Å². The maximum Gasteiger partial charge on any atom is 0.220 e. The van der Waals surface area contributed by atoms with Crippen LogP contribution in [-0.2, 0) is 23.7 Å². The second-order valence-corrected chi connectivity index (χ2v) is 28.9. The van der Waals surface area contributed by atoms with Crippen molar-refractivity contribution < 1.29 is 64.6 Å². The van der Waals surface area contributed by atoms with E-state index in [1.54, 1.807) is 6.08 Å². The molecule has 0 aromatic rings. The first-order valence-electron chi connectivity index (χ1n) is 41.0. The van der Waals surface area contributed by atoms with Crippen LogP contribution >= 0.6 is 0 Å². The molecule has 0 aromatic carbocycles. The van der Waals surface area contributed by atoms with Gasteiger partial charge in [0.2, 0.25) is 5.91 Å². The van der Waals surface area contributed by atoms with Gasteiger partial charge in [0.05, 0.1) is 32.0 Å². The molecule has 2 heterocycles. The van der Waals surface area contributed by atoms with Crippen LogP contribution < -0.4 is 5.32 Å². The Hall–Kier alpha value is -2.31. The van der Waals surface area contributed by atoms with Gasteiger partial charge in [-0.2, -0.15) is 0 Å². The van der Waals surface area contributed by atoms with Gasteiger partial charge < -0.3 is 65.1 Å². The molecule has 2 aliphatic heterocycles. The second-order valence-electron chi connectivity index (χ2n) is 28.9. The van der Waals surface area contributed by atoms with Gasteiger partial charge >= 0.3 is 0 Å².